The van der Waals surface area contributed by atoms with Crippen molar-refractivity contribution in [1.82, 2.24) is 0 Å². The van der Waals surface area contributed by atoms with Gasteiger partial charge in [0.25, 0.3) is 0 Å². The van der Waals surface area contributed by atoms with E-state index in [0.717, 1.165) is 79.4 Å². The van der Waals surface area contributed by atoms with Crippen molar-refractivity contribution >= 4 is 32.7 Å². The lowest BCUT2D eigenvalue weighted by atomic mass is 9.85. The van der Waals surface area contributed by atoms with E-state index in [1.165, 1.54) is 83.0 Å². The average Bonchev–Trinajstić information content (AvgIpc) is 3.18. The molecule has 0 bridgehead atoms. The zero-order valence-electron chi connectivity index (χ0n) is 42.5. The van der Waals surface area contributed by atoms with Gasteiger partial charge >= 0.3 is 0 Å². The summed E-state index contributed by atoms with van der Waals surface area (Å²) in [5.74, 6) is 15.3. The lowest BCUT2D eigenvalue weighted by molar-refractivity contribution is -0.0838. The highest BCUT2D eigenvalue weighted by Crippen LogP contribution is 2.52. The smallest absolute Gasteiger partial charge is 0.246 e. The summed E-state index contributed by atoms with van der Waals surface area (Å²) in [5.41, 5.74) is 16.7. The van der Waals surface area contributed by atoms with Crippen LogP contribution in [0.5, 0.6) is 34.5 Å². The summed E-state index contributed by atoms with van der Waals surface area (Å²) in [6.45, 7) is 39.8. The van der Waals surface area contributed by atoms with E-state index in [-0.39, 0.29) is 31.8 Å². The minimum Gasteiger partial charge on any atom is -0.453 e. The fourth-order valence-corrected chi connectivity index (χ4v) is 14.3. The Labute approximate surface area is 388 Å². The minimum atomic E-state index is -1.14. The normalized spacial score (nSPS) is 20.9. The zero-order valence-corrected chi connectivity index (χ0v) is 44.1. The molecule has 4 aromatic rings. The summed E-state index contributed by atoms with van der Waals surface area (Å²) >= 11 is 0. The molecule has 6 heteroatoms. The van der Waals surface area contributed by atoms with Crippen molar-refractivity contribution in [1.29, 1.82) is 0 Å². The molecular formula is C57H80O4S2. The Morgan fingerprint density at radius 2 is 0.794 bits per heavy atom. The summed E-state index contributed by atoms with van der Waals surface area (Å²) in [5, 5.41) is 0.883. The molecule has 1 saturated carbocycles. The van der Waals surface area contributed by atoms with Crippen LogP contribution in [-0.4, -0.2) is 28.0 Å². The fourth-order valence-electron chi connectivity index (χ4n) is 9.55. The SMILES string of the molecule is C=S1Cc2cc(C(C)(C)C)cc(Oc3c(C)c(C)c(C)c(C)c3C)c2OC(C)(C)Oc2c(cc(C(C)(C)C)cc2Oc2c(C)c(C)c(C)c(C)c2C)CS(=C)C2CCCCCCC21. The molecule has 0 spiro atoms. The maximum atomic E-state index is 7.41. The van der Waals surface area contributed by atoms with Crippen molar-refractivity contribution in [2.24, 2.45) is 0 Å². The number of fused-ring (bicyclic) bond motifs is 3. The molecule has 63 heavy (non-hydrogen) atoms. The van der Waals surface area contributed by atoms with E-state index in [2.05, 4.69) is 135 Å². The van der Waals surface area contributed by atoms with Crippen LogP contribution in [0.3, 0.4) is 0 Å². The molecule has 4 aromatic carbocycles. The molecule has 6 rings (SSSR count). The third-order valence-corrected chi connectivity index (χ3v) is 19.0. The molecule has 1 fully saturated rings. The molecule has 0 aromatic heterocycles. The molecule has 0 N–H and O–H groups in total. The Kier molecular flexibility index (Phi) is 14.3. The summed E-state index contributed by atoms with van der Waals surface area (Å²) in [6.07, 6.45) is 7.37. The Hall–Kier alpha value is -3.48. The summed E-state index contributed by atoms with van der Waals surface area (Å²) in [4.78, 5) is 0. The van der Waals surface area contributed by atoms with Crippen molar-refractivity contribution in [2.45, 2.75) is 202 Å². The molecule has 2 aliphatic rings. The van der Waals surface area contributed by atoms with Crippen LogP contribution in [0.4, 0.5) is 0 Å². The number of benzene rings is 4. The Morgan fingerprint density at radius 3 is 1.10 bits per heavy atom. The maximum absolute atomic E-state index is 7.41. The van der Waals surface area contributed by atoms with Crippen molar-refractivity contribution < 1.29 is 18.9 Å². The third-order valence-electron chi connectivity index (χ3n) is 14.7. The zero-order chi connectivity index (χ0) is 46.7. The number of hydrogen-bond donors (Lipinski definition) is 0. The number of rotatable bonds is 4. The monoisotopic (exact) mass is 893 g/mol. The first kappa shape index (κ1) is 49.0. The van der Waals surface area contributed by atoms with Crippen LogP contribution >= 0.6 is 21.0 Å². The van der Waals surface area contributed by atoms with Crippen LogP contribution in [0, 0.1) is 69.2 Å². The quantitative estimate of drug-likeness (QED) is 0.191. The van der Waals surface area contributed by atoms with Gasteiger partial charge in [-0.15, -0.1) is 0 Å². The second-order valence-corrected chi connectivity index (χ2v) is 25.5. The van der Waals surface area contributed by atoms with Crippen LogP contribution in [0.25, 0.3) is 0 Å². The molecular weight excluding hydrogens is 813 g/mol. The molecule has 1 aliphatic carbocycles. The molecule has 1 heterocycles. The minimum absolute atomic E-state index is 0.134. The molecule has 0 amide bonds. The van der Waals surface area contributed by atoms with Gasteiger partial charge in [0.15, 0.2) is 23.0 Å². The predicted octanol–water partition coefficient (Wildman–Crippen LogP) is 16.7. The molecule has 0 saturated heterocycles. The van der Waals surface area contributed by atoms with Gasteiger partial charge in [0.2, 0.25) is 5.79 Å². The highest BCUT2D eigenvalue weighted by molar-refractivity contribution is 8.17. The Bertz CT molecular complexity index is 2230. The lowest BCUT2D eigenvalue weighted by Crippen LogP contribution is -2.36. The maximum Gasteiger partial charge on any atom is 0.246 e. The highest BCUT2D eigenvalue weighted by Gasteiger charge is 2.35. The van der Waals surface area contributed by atoms with E-state index in [4.69, 9.17) is 30.7 Å². The van der Waals surface area contributed by atoms with Gasteiger partial charge in [0.05, 0.1) is 0 Å². The third kappa shape index (κ3) is 10.2. The Balaban J connectivity index is 1.66. The van der Waals surface area contributed by atoms with Gasteiger partial charge in [0.1, 0.15) is 11.5 Å². The van der Waals surface area contributed by atoms with Gasteiger partial charge in [0, 0.05) is 47.0 Å². The van der Waals surface area contributed by atoms with Crippen molar-refractivity contribution in [2.75, 3.05) is 0 Å². The predicted molar refractivity (Wildman–Crippen MR) is 278 cm³/mol. The van der Waals surface area contributed by atoms with Crippen LogP contribution < -0.4 is 18.9 Å². The summed E-state index contributed by atoms with van der Waals surface area (Å²) in [7, 11) is -0.422. The molecule has 1 aliphatic heterocycles. The van der Waals surface area contributed by atoms with Gasteiger partial charge in [-0.2, -0.15) is 21.0 Å². The van der Waals surface area contributed by atoms with E-state index in [0.29, 0.717) is 10.5 Å². The topological polar surface area (TPSA) is 36.9 Å². The largest absolute Gasteiger partial charge is 0.453 e. The van der Waals surface area contributed by atoms with Gasteiger partial charge < -0.3 is 18.9 Å². The molecule has 344 valence electrons. The van der Waals surface area contributed by atoms with Crippen molar-refractivity contribution in [3.8, 4) is 34.5 Å². The molecule has 4 nitrogen and oxygen atoms in total. The summed E-state index contributed by atoms with van der Waals surface area (Å²) in [6, 6.07) is 9.19. The van der Waals surface area contributed by atoms with Crippen LogP contribution in [-0.2, 0) is 22.3 Å². The van der Waals surface area contributed by atoms with Crippen molar-refractivity contribution in [3.63, 3.8) is 0 Å². The molecule has 4 atom stereocenters. The first-order valence-corrected chi connectivity index (χ1v) is 26.7. The van der Waals surface area contributed by atoms with Crippen LogP contribution in [0.15, 0.2) is 24.3 Å². The van der Waals surface area contributed by atoms with Gasteiger partial charge in [-0.3, -0.25) is 0 Å². The second-order valence-electron chi connectivity index (χ2n) is 21.6. The first-order valence-electron chi connectivity index (χ1n) is 23.4. The van der Waals surface area contributed by atoms with Gasteiger partial charge in [-0.1, -0.05) is 91.1 Å². The van der Waals surface area contributed by atoms with Crippen LogP contribution in [0.2, 0.25) is 0 Å². The summed E-state index contributed by atoms with van der Waals surface area (Å²) < 4.78 is 29.4. The van der Waals surface area contributed by atoms with Gasteiger partial charge in [-0.25, -0.2) is 0 Å². The lowest BCUT2D eigenvalue weighted by Gasteiger charge is -2.34. The number of ether oxygens (including phenoxy) is 4. The van der Waals surface area contributed by atoms with E-state index in [1.54, 1.807) is 0 Å². The van der Waals surface area contributed by atoms with E-state index in [9.17, 15) is 0 Å². The van der Waals surface area contributed by atoms with E-state index >= 15 is 0 Å². The fraction of sp³-hybridized carbons (Fsp3) is 0.544. The standard InChI is InChI=1S/C57H80O4S2/c1-33-35(3)39(7)51(40(8)36(33)4)58-47-29-45(55(11,12)13)27-43-31-62(19)49-25-23-21-22-24-26-50(49)63(20)32-44-28-46(56(14,15)16)30-48(54(44)61-57(17,18)60-53(43)47)59-52-41(9)37(5)34(2)38(6)42(52)10/h27-30,49-50H,19-26,31-32H2,1-18H3. The second kappa shape index (κ2) is 18.4. The molecule has 0 radical (unpaired) electrons. The number of hydrogen-bond acceptors (Lipinski definition) is 4. The first-order chi connectivity index (χ1) is 29.2. The Morgan fingerprint density at radius 1 is 0.492 bits per heavy atom. The molecule has 4 unspecified atom stereocenters. The van der Waals surface area contributed by atoms with Crippen molar-refractivity contribution in [3.05, 3.63) is 102 Å². The van der Waals surface area contributed by atoms with Crippen LogP contribution in [0.1, 0.15) is 172 Å². The van der Waals surface area contributed by atoms with E-state index in [1.807, 2.05) is 13.8 Å². The average molecular weight is 893 g/mol. The van der Waals surface area contributed by atoms with Gasteiger partial charge in [-0.05, 0) is 172 Å². The van der Waals surface area contributed by atoms with E-state index < -0.39 is 5.79 Å². The highest BCUT2D eigenvalue weighted by atomic mass is 32.2.